The maximum absolute atomic E-state index is 12.9. The Morgan fingerprint density at radius 2 is 2.00 bits per heavy atom. The summed E-state index contributed by atoms with van der Waals surface area (Å²) >= 11 is 0. The lowest BCUT2D eigenvalue weighted by atomic mass is 10.2. The molecule has 0 aliphatic heterocycles. The van der Waals surface area contributed by atoms with Gasteiger partial charge in [0.15, 0.2) is 6.10 Å². The van der Waals surface area contributed by atoms with Crippen LogP contribution in [0.1, 0.15) is 12.5 Å². The molecule has 0 bridgehead atoms. The number of carbonyl (C=O) groups excluding carboxylic acids is 1. The number of alkyl halides is 3. The Morgan fingerprint density at radius 1 is 1.32 bits per heavy atom. The second-order valence-electron chi connectivity index (χ2n) is 5.06. The zero-order valence-electron chi connectivity index (χ0n) is 13.3. The molecule has 1 aromatic heterocycles. The number of nitrogens with zero attached hydrogens (tertiary/aromatic N) is 2. The molecule has 1 unspecified atom stereocenters. The van der Waals surface area contributed by atoms with Crippen molar-refractivity contribution in [2.45, 2.75) is 19.2 Å². The van der Waals surface area contributed by atoms with Crippen molar-refractivity contribution >= 4 is 11.7 Å². The number of aryl methyl sites for hydroxylation is 1. The van der Waals surface area contributed by atoms with E-state index in [1.54, 1.807) is 0 Å². The summed E-state index contributed by atoms with van der Waals surface area (Å²) in [6, 6.07) is 4.56. The van der Waals surface area contributed by atoms with Crippen molar-refractivity contribution in [2.24, 2.45) is 7.05 Å². The number of para-hydroxylation sites is 1. The van der Waals surface area contributed by atoms with E-state index in [1.807, 2.05) is 0 Å². The third-order valence-electron chi connectivity index (χ3n) is 3.19. The Morgan fingerprint density at radius 3 is 2.68 bits per heavy atom. The zero-order chi connectivity index (χ0) is 18.6. The van der Waals surface area contributed by atoms with Gasteiger partial charge in [0.2, 0.25) is 5.82 Å². The number of hydrogen-bond acceptors (Lipinski definition) is 5. The van der Waals surface area contributed by atoms with Crippen molar-refractivity contribution in [3.63, 3.8) is 0 Å². The van der Waals surface area contributed by atoms with E-state index in [0.29, 0.717) is 0 Å². The zero-order valence-corrected chi connectivity index (χ0v) is 13.3. The number of hydrogen-bond donors (Lipinski definition) is 2. The molecule has 0 fully saturated rings. The first-order valence-electron chi connectivity index (χ1n) is 7.10. The van der Waals surface area contributed by atoms with Crippen LogP contribution in [0, 0.1) is 0 Å². The lowest BCUT2D eigenvalue weighted by Gasteiger charge is -2.18. The molecule has 2 N–H and O–H groups in total. The Balaban J connectivity index is 2.04. The normalized spacial score (nSPS) is 12.4. The molecular formula is C15H15F3N4O3. The van der Waals surface area contributed by atoms with Gasteiger partial charge in [-0.3, -0.25) is 20.4 Å². The van der Waals surface area contributed by atoms with Crippen LogP contribution in [0.4, 0.5) is 19.0 Å². The Kier molecular flexibility index (Phi) is 5.30. The van der Waals surface area contributed by atoms with Gasteiger partial charge in [-0.15, -0.1) is 0 Å². The fourth-order valence-electron chi connectivity index (χ4n) is 1.85. The highest BCUT2D eigenvalue weighted by Crippen LogP contribution is 2.36. The number of aromatic nitrogens is 2. The molecule has 25 heavy (non-hydrogen) atoms. The van der Waals surface area contributed by atoms with Crippen molar-refractivity contribution in [1.82, 2.24) is 15.0 Å². The van der Waals surface area contributed by atoms with Crippen LogP contribution in [-0.4, -0.2) is 21.6 Å². The van der Waals surface area contributed by atoms with Gasteiger partial charge in [0.05, 0.1) is 5.56 Å². The number of carbonyl (C=O) groups is 1. The number of rotatable bonds is 5. The standard InChI is InChI=1S/C15H15F3N4O3/c1-9(25-11-6-4-3-5-10(11)15(16,17)18)13(23)21-20-12-14(24)22(2)8-7-19-12/h3-9H,1-2H3,(H,19,20)(H,21,23). The first kappa shape index (κ1) is 18.3. The second kappa shape index (κ2) is 7.24. The highest BCUT2D eigenvalue weighted by atomic mass is 19.4. The summed E-state index contributed by atoms with van der Waals surface area (Å²) in [6.45, 7) is 1.28. The quantitative estimate of drug-likeness (QED) is 0.797. The van der Waals surface area contributed by atoms with Crippen molar-refractivity contribution in [3.8, 4) is 5.75 Å². The molecule has 1 amide bonds. The van der Waals surface area contributed by atoms with Crippen LogP contribution in [0.25, 0.3) is 0 Å². The Hall–Kier alpha value is -3.04. The number of amides is 1. The molecule has 7 nitrogen and oxygen atoms in total. The lowest BCUT2D eigenvalue weighted by Crippen LogP contribution is -2.41. The van der Waals surface area contributed by atoms with Crippen molar-refractivity contribution in [3.05, 3.63) is 52.6 Å². The molecule has 10 heteroatoms. The summed E-state index contributed by atoms with van der Waals surface area (Å²) in [7, 11) is 1.50. The van der Waals surface area contributed by atoms with Crippen molar-refractivity contribution < 1.29 is 22.7 Å². The van der Waals surface area contributed by atoms with E-state index in [9.17, 15) is 22.8 Å². The molecule has 0 aliphatic rings. The maximum Gasteiger partial charge on any atom is 0.419 e. The average molecular weight is 356 g/mol. The molecule has 1 aromatic carbocycles. The summed E-state index contributed by atoms with van der Waals surface area (Å²) in [5.41, 5.74) is 3.02. The number of nitrogens with one attached hydrogen (secondary N) is 2. The first-order chi connectivity index (χ1) is 11.7. The molecule has 134 valence electrons. The van der Waals surface area contributed by atoms with E-state index in [4.69, 9.17) is 4.74 Å². The second-order valence-corrected chi connectivity index (χ2v) is 5.06. The van der Waals surface area contributed by atoms with Crippen molar-refractivity contribution in [2.75, 3.05) is 5.43 Å². The van der Waals surface area contributed by atoms with E-state index in [0.717, 1.165) is 12.1 Å². The van der Waals surface area contributed by atoms with Crippen LogP contribution in [-0.2, 0) is 18.0 Å². The van der Waals surface area contributed by atoms with Crippen LogP contribution in [0.3, 0.4) is 0 Å². The minimum absolute atomic E-state index is 0.138. The highest BCUT2D eigenvalue weighted by molar-refractivity contribution is 5.81. The average Bonchev–Trinajstić information content (AvgIpc) is 2.55. The van der Waals surface area contributed by atoms with E-state index < -0.39 is 35.1 Å². The van der Waals surface area contributed by atoms with Crippen LogP contribution >= 0.6 is 0 Å². The fraction of sp³-hybridized carbons (Fsp3) is 0.267. The predicted octanol–water partition coefficient (Wildman–Crippen LogP) is 1.71. The molecule has 0 saturated heterocycles. The Bertz CT molecular complexity index is 820. The molecule has 1 atom stereocenters. The molecule has 0 saturated carbocycles. The van der Waals surface area contributed by atoms with Crippen LogP contribution in [0.5, 0.6) is 5.75 Å². The first-order valence-corrected chi connectivity index (χ1v) is 7.10. The third kappa shape index (κ3) is 4.49. The lowest BCUT2D eigenvalue weighted by molar-refractivity contribution is -0.140. The topological polar surface area (TPSA) is 85.2 Å². The van der Waals surface area contributed by atoms with Crippen molar-refractivity contribution in [1.29, 1.82) is 0 Å². The van der Waals surface area contributed by atoms with Crippen LogP contribution in [0.15, 0.2) is 41.5 Å². The van der Waals surface area contributed by atoms with Gasteiger partial charge in [0.25, 0.3) is 11.5 Å². The van der Waals surface area contributed by atoms with Gasteiger partial charge in [-0.2, -0.15) is 13.2 Å². The molecule has 2 aromatic rings. The smallest absolute Gasteiger partial charge is 0.419 e. The fourth-order valence-corrected chi connectivity index (χ4v) is 1.85. The molecule has 0 radical (unpaired) electrons. The third-order valence-corrected chi connectivity index (χ3v) is 3.19. The largest absolute Gasteiger partial charge is 0.480 e. The molecular weight excluding hydrogens is 341 g/mol. The highest BCUT2D eigenvalue weighted by Gasteiger charge is 2.34. The number of benzene rings is 1. The van der Waals surface area contributed by atoms with Gasteiger partial charge in [-0.05, 0) is 19.1 Å². The number of anilines is 1. The SMILES string of the molecule is CC(Oc1ccccc1C(F)(F)F)C(=O)NNc1nccn(C)c1=O. The van der Waals surface area contributed by atoms with E-state index in [1.165, 1.54) is 43.1 Å². The predicted molar refractivity (Wildman–Crippen MR) is 82.8 cm³/mol. The van der Waals surface area contributed by atoms with Gasteiger partial charge >= 0.3 is 6.18 Å². The molecule has 1 heterocycles. The summed E-state index contributed by atoms with van der Waals surface area (Å²) in [4.78, 5) is 27.4. The summed E-state index contributed by atoms with van der Waals surface area (Å²) in [6.07, 6.45) is -3.08. The van der Waals surface area contributed by atoms with E-state index >= 15 is 0 Å². The van der Waals surface area contributed by atoms with Crippen LogP contribution < -0.4 is 21.1 Å². The minimum Gasteiger partial charge on any atom is -0.480 e. The molecule has 0 aliphatic carbocycles. The number of halogens is 3. The maximum atomic E-state index is 12.9. The minimum atomic E-state index is -4.61. The van der Waals surface area contributed by atoms with Gasteiger partial charge in [0, 0.05) is 19.4 Å². The van der Waals surface area contributed by atoms with E-state index in [-0.39, 0.29) is 5.82 Å². The molecule has 2 rings (SSSR count). The van der Waals surface area contributed by atoms with Gasteiger partial charge in [-0.25, -0.2) is 4.98 Å². The summed E-state index contributed by atoms with van der Waals surface area (Å²) < 4.78 is 45.1. The van der Waals surface area contributed by atoms with Gasteiger partial charge < -0.3 is 9.30 Å². The number of ether oxygens (including phenoxy) is 1. The Labute approximate surface area is 140 Å². The molecule has 0 spiro atoms. The monoisotopic (exact) mass is 356 g/mol. The number of hydrazine groups is 1. The van der Waals surface area contributed by atoms with Gasteiger partial charge in [0.1, 0.15) is 5.75 Å². The van der Waals surface area contributed by atoms with E-state index in [2.05, 4.69) is 15.8 Å². The summed E-state index contributed by atoms with van der Waals surface area (Å²) in [5.74, 6) is -1.38. The summed E-state index contributed by atoms with van der Waals surface area (Å²) in [5, 5.41) is 0. The van der Waals surface area contributed by atoms with Crippen LogP contribution in [0.2, 0.25) is 0 Å². The van der Waals surface area contributed by atoms with Gasteiger partial charge in [-0.1, -0.05) is 12.1 Å².